The molecule has 0 atom stereocenters. The maximum absolute atomic E-state index is 9.54. The fourth-order valence-corrected chi connectivity index (χ4v) is 3.29. The van der Waals surface area contributed by atoms with Crippen molar-refractivity contribution in [3.05, 3.63) is 29.3 Å². The molecule has 3 heteroatoms. The van der Waals surface area contributed by atoms with Crippen LogP contribution in [0.2, 0.25) is 0 Å². The Morgan fingerprint density at radius 1 is 1.33 bits per heavy atom. The predicted octanol–water partition coefficient (Wildman–Crippen LogP) is 2.58. The third kappa shape index (κ3) is 1.46. The van der Waals surface area contributed by atoms with E-state index in [4.69, 9.17) is 9.47 Å². The Kier molecular flexibility index (Phi) is 2.39. The van der Waals surface area contributed by atoms with E-state index >= 15 is 0 Å². The molecule has 1 aromatic carbocycles. The predicted molar refractivity (Wildman–Crippen MR) is 67.5 cm³/mol. The molecule has 94 valence electrons. The highest BCUT2D eigenvalue weighted by molar-refractivity contribution is 5.45. The molecule has 2 fully saturated rings. The van der Waals surface area contributed by atoms with Gasteiger partial charge in [0.1, 0.15) is 5.75 Å². The van der Waals surface area contributed by atoms with Gasteiger partial charge < -0.3 is 9.47 Å². The standard InChI is InChI=1S/C15H17NO2/c1-11-3-4-12(5-13(11)17-2)15(8-16)6-14(7-15)9-18-10-14/h3-5H,6-7,9-10H2,1-2H3. The minimum absolute atomic E-state index is 0.286. The molecular weight excluding hydrogens is 226 g/mol. The second-order valence-corrected chi connectivity index (χ2v) is 5.72. The zero-order valence-electron chi connectivity index (χ0n) is 10.8. The molecule has 0 amide bonds. The lowest BCUT2D eigenvalue weighted by molar-refractivity contribution is -0.178. The smallest absolute Gasteiger partial charge is 0.122 e. The Labute approximate surface area is 107 Å². The number of ether oxygens (including phenoxy) is 2. The Balaban J connectivity index is 1.92. The van der Waals surface area contributed by atoms with Crippen molar-refractivity contribution in [3.63, 3.8) is 0 Å². The second kappa shape index (κ2) is 3.73. The molecule has 3 rings (SSSR count). The normalized spacial score (nSPS) is 22.7. The van der Waals surface area contributed by atoms with Crippen LogP contribution < -0.4 is 4.74 Å². The highest BCUT2D eigenvalue weighted by atomic mass is 16.5. The van der Waals surface area contributed by atoms with Crippen molar-refractivity contribution >= 4 is 0 Å². The van der Waals surface area contributed by atoms with Crippen LogP contribution in [0.25, 0.3) is 0 Å². The van der Waals surface area contributed by atoms with E-state index in [0.29, 0.717) is 0 Å². The molecule has 18 heavy (non-hydrogen) atoms. The van der Waals surface area contributed by atoms with Gasteiger partial charge in [0, 0.05) is 5.41 Å². The first-order chi connectivity index (χ1) is 8.63. The van der Waals surface area contributed by atoms with Gasteiger partial charge in [0.05, 0.1) is 31.8 Å². The lowest BCUT2D eigenvalue weighted by Gasteiger charge is -2.57. The zero-order valence-corrected chi connectivity index (χ0v) is 10.8. The van der Waals surface area contributed by atoms with Gasteiger partial charge in [-0.2, -0.15) is 5.26 Å². The number of rotatable bonds is 2. The molecule has 1 spiro atoms. The van der Waals surface area contributed by atoms with Crippen molar-refractivity contribution in [2.75, 3.05) is 20.3 Å². The summed E-state index contributed by atoms with van der Waals surface area (Å²) in [7, 11) is 1.67. The van der Waals surface area contributed by atoms with E-state index in [-0.39, 0.29) is 10.8 Å². The molecule has 0 N–H and O–H groups in total. The van der Waals surface area contributed by atoms with Gasteiger partial charge >= 0.3 is 0 Å². The molecule has 1 heterocycles. The van der Waals surface area contributed by atoms with E-state index in [0.717, 1.165) is 42.9 Å². The Morgan fingerprint density at radius 2 is 2.06 bits per heavy atom. The average molecular weight is 243 g/mol. The number of methoxy groups -OCH3 is 1. The van der Waals surface area contributed by atoms with Crippen molar-refractivity contribution in [1.82, 2.24) is 0 Å². The fraction of sp³-hybridized carbons (Fsp3) is 0.533. The monoisotopic (exact) mass is 243 g/mol. The van der Waals surface area contributed by atoms with Gasteiger partial charge in [-0.15, -0.1) is 0 Å². The SMILES string of the molecule is COc1cc(C2(C#N)CC3(COC3)C2)ccc1C. The summed E-state index contributed by atoms with van der Waals surface area (Å²) in [6, 6.07) is 8.63. The van der Waals surface area contributed by atoms with Gasteiger partial charge in [0.25, 0.3) is 0 Å². The van der Waals surface area contributed by atoms with Crippen molar-refractivity contribution in [2.24, 2.45) is 5.41 Å². The van der Waals surface area contributed by atoms with Gasteiger partial charge in [-0.05, 0) is 37.0 Å². The molecule has 0 radical (unpaired) electrons. The number of hydrogen-bond donors (Lipinski definition) is 0. The average Bonchev–Trinajstić information content (AvgIpc) is 2.28. The molecule has 3 nitrogen and oxygen atoms in total. The van der Waals surface area contributed by atoms with Gasteiger partial charge in [-0.3, -0.25) is 0 Å². The summed E-state index contributed by atoms with van der Waals surface area (Å²) in [5, 5.41) is 9.54. The summed E-state index contributed by atoms with van der Waals surface area (Å²) < 4.78 is 10.6. The van der Waals surface area contributed by atoms with E-state index < -0.39 is 0 Å². The summed E-state index contributed by atoms with van der Waals surface area (Å²) >= 11 is 0. The van der Waals surface area contributed by atoms with Crippen LogP contribution in [-0.2, 0) is 10.2 Å². The van der Waals surface area contributed by atoms with E-state index in [2.05, 4.69) is 12.1 Å². The summed E-state index contributed by atoms with van der Waals surface area (Å²) in [6.07, 6.45) is 1.84. The van der Waals surface area contributed by atoms with Gasteiger partial charge in [0.2, 0.25) is 0 Å². The van der Waals surface area contributed by atoms with E-state index in [9.17, 15) is 5.26 Å². The first-order valence-electron chi connectivity index (χ1n) is 6.27. The van der Waals surface area contributed by atoms with Crippen molar-refractivity contribution in [1.29, 1.82) is 5.26 Å². The number of nitriles is 1. The minimum atomic E-state index is -0.329. The van der Waals surface area contributed by atoms with Crippen molar-refractivity contribution < 1.29 is 9.47 Å². The Hall–Kier alpha value is -1.53. The number of hydrogen-bond acceptors (Lipinski definition) is 3. The fourth-order valence-electron chi connectivity index (χ4n) is 3.29. The summed E-state index contributed by atoms with van der Waals surface area (Å²) in [5.74, 6) is 0.868. The van der Waals surface area contributed by atoms with E-state index in [1.165, 1.54) is 0 Å². The zero-order chi connectivity index (χ0) is 12.8. The summed E-state index contributed by atoms with van der Waals surface area (Å²) in [4.78, 5) is 0. The van der Waals surface area contributed by atoms with Crippen LogP contribution >= 0.6 is 0 Å². The van der Waals surface area contributed by atoms with Crippen LogP contribution in [0.5, 0.6) is 5.75 Å². The molecule has 1 aromatic rings. The first-order valence-corrected chi connectivity index (χ1v) is 6.27. The Bertz CT molecular complexity index is 518. The van der Waals surface area contributed by atoms with E-state index in [1.54, 1.807) is 7.11 Å². The number of aryl methyl sites for hydroxylation is 1. The molecule has 2 aliphatic rings. The maximum Gasteiger partial charge on any atom is 0.122 e. The minimum Gasteiger partial charge on any atom is -0.496 e. The summed E-state index contributed by atoms with van der Waals surface area (Å²) in [5.41, 5.74) is 2.15. The highest BCUT2D eigenvalue weighted by Gasteiger charge is 2.59. The molecule has 0 unspecified atom stereocenters. The quantitative estimate of drug-likeness (QED) is 0.801. The van der Waals surface area contributed by atoms with Crippen LogP contribution in [0.1, 0.15) is 24.0 Å². The molecular formula is C15H17NO2. The van der Waals surface area contributed by atoms with Crippen LogP contribution in [0.4, 0.5) is 0 Å². The highest BCUT2D eigenvalue weighted by Crippen LogP contribution is 2.59. The van der Waals surface area contributed by atoms with Crippen molar-refractivity contribution in [3.8, 4) is 11.8 Å². The number of benzene rings is 1. The molecule has 1 aliphatic carbocycles. The van der Waals surface area contributed by atoms with Gasteiger partial charge in [-0.1, -0.05) is 12.1 Å². The second-order valence-electron chi connectivity index (χ2n) is 5.72. The first kappa shape index (κ1) is 11.6. The van der Waals surface area contributed by atoms with E-state index in [1.807, 2.05) is 19.1 Å². The number of nitrogens with zero attached hydrogens (tertiary/aromatic N) is 1. The third-order valence-electron chi connectivity index (χ3n) is 4.34. The Morgan fingerprint density at radius 3 is 2.56 bits per heavy atom. The van der Waals surface area contributed by atoms with Gasteiger partial charge in [0.15, 0.2) is 0 Å². The van der Waals surface area contributed by atoms with Crippen LogP contribution in [-0.4, -0.2) is 20.3 Å². The van der Waals surface area contributed by atoms with Crippen molar-refractivity contribution in [2.45, 2.75) is 25.2 Å². The maximum atomic E-state index is 9.54. The molecule has 0 bridgehead atoms. The lowest BCUT2D eigenvalue weighted by Crippen LogP contribution is -2.59. The van der Waals surface area contributed by atoms with Crippen LogP contribution in [0.3, 0.4) is 0 Å². The largest absolute Gasteiger partial charge is 0.496 e. The van der Waals surface area contributed by atoms with Gasteiger partial charge in [-0.25, -0.2) is 0 Å². The summed E-state index contributed by atoms with van der Waals surface area (Å²) in [6.45, 7) is 3.66. The third-order valence-corrected chi connectivity index (χ3v) is 4.34. The lowest BCUT2D eigenvalue weighted by atomic mass is 9.50. The van der Waals surface area contributed by atoms with Crippen LogP contribution in [0.15, 0.2) is 18.2 Å². The molecule has 1 saturated carbocycles. The van der Waals surface area contributed by atoms with Crippen LogP contribution in [0, 0.1) is 23.7 Å². The molecule has 1 saturated heterocycles. The molecule has 0 aromatic heterocycles. The molecule has 1 aliphatic heterocycles. The topological polar surface area (TPSA) is 42.2 Å².